The molecule has 0 saturated heterocycles. The molecule has 3 N–H and O–H groups in total. The molecular formula is C14H24N4S. The Kier molecular flexibility index (Phi) is 5.05. The van der Waals surface area contributed by atoms with Crippen LogP contribution in [0, 0.1) is 12.8 Å². The summed E-state index contributed by atoms with van der Waals surface area (Å²) in [5.74, 6) is 8.02. The van der Waals surface area contributed by atoms with Crippen molar-refractivity contribution in [1.29, 1.82) is 0 Å². The number of rotatable bonds is 4. The van der Waals surface area contributed by atoms with Crippen molar-refractivity contribution in [3.05, 3.63) is 11.4 Å². The molecule has 2 atom stereocenters. The zero-order valence-electron chi connectivity index (χ0n) is 12.1. The van der Waals surface area contributed by atoms with Crippen molar-refractivity contribution in [3.8, 4) is 0 Å². The maximum absolute atomic E-state index is 5.55. The monoisotopic (exact) mass is 280 g/mol. The van der Waals surface area contributed by atoms with Crippen LogP contribution in [-0.4, -0.2) is 15.2 Å². The second-order valence-electron chi connectivity index (χ2n) is 5.43. The molecule has 19 heavy (non-hydrogen) atoms. The lowest BCUT2D eigenvalue weighted by molar-refractivity contribution is 0.394. The first kappa shape index (κ1) is 14.6. The summed E-state index contributed by atoms with van der Waals surface area (Å²) in [6.45, 7) is 6.47. The van der Waals surface area contributed by atoms with Gasteiger partial charge in [-0.25, -0.2) is 15.8 Å². The molecule has 2 rings (SSSR count). The molecular weight excluding hydrogens is 256 g/mol. The molecule has 4 nitrogen and oxygen atoms in total. The smallest absolute Gasteiger partial charge is 0.147 e. The van der Waals surface area contributed by atoms with Gasteiger partial charge in [0.25, 0.3) is 0 Å². The van der Waals surface area contributed by atoms with Gasteiger partial charge in [0, 0.05) is 17.2 Å². The predicted octanol–water partition coefficient (Wildman–Crippen LogP) is 3.30. The van der Waals surface area contributed by atoms with Crippen LogP contribution in [0.2, 0.25) is 0 Å². The van der Waals surface area contributed by atoms with Crippen LogP contribution in [0.1, 0.15) is 50.9 Å². The molecule has 5 heteroatoms. The molecule has 1 aliphatic carbocycles. The van der Waals surface area contributed by atoms with E-state index in [0.717, 1.165) is 34.6 Å². The average Bonchev–Trinajstić information content (AvgIpc) is 2.41. The fraction of sp³-hybridized carbons (Fsp3) is 0.714. The number of nitrogens with one attached hydrogen (secondary N) is 1. The number of aromatic nitrogens is 2. The summed E-state index contributed by atoms with van der Waals surface area (Å²) in [6, 6.07) is 0. The summed E-state index contributed by atoms with van der Waals surface area (Å²) in [4.78, 5) is 9.09. The van der Waals surface area contributed by atoms with Crippen molar-refractivity contribution < 1.29 is 0 Å². The molecule has 1 fully saturated rings. The number of aryl methyl sites for hydroxylation is 1. The molecule has 1 aliphatic rings. The quantitative estimate of drug-likeness (QED) is 0.503. The molecule has 1 aromatic heterocycles. The normalized spacial score (nSPS) is 23.4. The maximum atomic E-state index is 5.55. The third kappa shape index (κ3) is 3.60. The molecule has 1 aromatic rings. The second-order valence-corrected chi connectivity index (χ2v) is 6.72. The van der Waals surface area contributed by atoms with Gasteiger partial charge in [-0.05, 0) is 25.7 Å². The van der Waals surface area contributed by atoms with Crippen LogP contribution in [0.4, 0.5) is 5.82 Å². The summed E-state index contributed by atoms with van der Waals surface area (Å²) in [5, 5.41) is 1.78. The van der Waals surface area contributed by atoms with E-state index in [1.54, 1.807) is 0 Å². The Bertz CT molecular complexity index is 436. The molecule has 106 valence electrons. The first-order chi connectivity index (χ1) is 9.13. The third-order valence-corrected chi connectivity index (χ3v) is 5.15. The molecule has 1 heterocycles. The lowest BCUT2D eigenvalue weighted by Gasteiger charge is -2.26. The number of hydrogen-bond acceptors (Lipinski definition) is 5. The number of hydrazine groups is 1. The summed E-state index contributed by atoms with van der Waals surface area (Å²) in [6.07, 6.45) is 6.14. The largest absolute Gasteiger partial charge is 0.308 e. The van der Waals surface area contributed by atoms with Gasteiger partial charge < -0.3 is 5.43 Å². The van der Waals surface area contributed by atoms with E-state index in [9.17, 15) is 0 Å². The van der Waals surface area contributed by atoms with Crippen LogP contribution < -0.4 is 11.3 Å². The lowest BCUT2D eigenvalue weighted by Crippen LogP contribution is -2.17. The molecule has 0 bridgehead atoms. The number of anilines is 1. The minimum atomic E-state index is 0.688. The average molecular weight is 280 g/mol. The van der Waals surface area contributed by atoms with Gasteiger partial charge >= 0.3 is 0 Å². The van der Waals surface area contributed by atoms with E-state index in [0.29, 0.717) is 5.25 Å². The van der Waals surface area contributed by atoms with Crippen molar-refractivity contribution in [1.82, 2.24) is 9.97 Å². The van der Waals surface area contributed by atoms with Crippen LogP contribution in [0.25, 0.3) is 0 Å². The molecule has 0 spiro atoms. The second kappa shape index (κ2) is 6.57. The molecule has 0 aliphatic heterocycles. The van der Waals surface area contributed by atoms with E-state index in [1.807, 2.05) is 18.7 Å². The van der Waals surface area contributed by atoms with Gasteiger partial charge in [0.2, 0.25) is 0 Å². The van der Waals surface area contributed by atoms with Crippen LogP contribution in [0.15, 0.2) is 5.03 Å². The fourth-order valence-electron chi connectivity index (χ4n) is 2.60. The van der Waals surface area contributed by atoms with Gasteiger partial charge in [-0.2, -0.15) is 0 Å². The summed E-state index contributed by atoms with van der Waals surface area (Å²) in [7, 11) is 0. The van der Waals surface area contributed by atoms with Crippen molar-refractivity contribution >= 4 is 17.6 Å². The minimum absolute atomic E-state index is 0.688. The topological polar surface area (TPSA) is 63.8 Å². The standard InChI is InChI=1S/C14H24N4S/c1-4-12-16-13(18-15)10(3)14(17-12)19-11-7-5-6-9(2)8-11/h9,11H,4-8,15H2,1-3H3,(H,16,17,18). The first-order valence-electron chi connectivity index (χ1n) is 7.14. The van der Waals surface area contributed by atoms with Gasteiger partial charge in [-0.15, -0.1) is 11.8 Å². The van der Waals surface area contributed by atoms with Crippen LogP contribution in [-0.2, 0) is 6.42 Å². The van der Waals surface area contributed by atoms with E-state index in [4.69, 9.17) is 5.84 Å². The van der Waals surface area contributed by atoms with Gasteiger partial charge in [0.15, 0.2) is 0 Å². The first-order valence-corrected chi connectivity index (χ1v) is 8.02. The van der Waals surface area contributed by atoms with E-state index in [-0.39, 0.29) is 0 Å². The minimum Gasteiger partial charge on any atom is -0.308 e. The molecule has 1 saturated carbocycles. The number of nitrogens with two attached hydrogens (primary N) is 1. The van der Waals surface area contributed by atoms with Crippen LogP contribution in [0.3, 0.4) is 0 Å². The molecule has 0 amide bonds. The molecule has 0 aromatic carbocycles. The number of nitrogens with zero attached hydrogens (tertiary/aromatic N) is 2. The van der Waals surface area contributed by atoms with Crippen LogP contribution in [0.5, 0.6) is 0 Å². The highest BCUT2D eigenvalue weighted by atomic mass is 32.2. The van der Waals surface area contributed by atoms with E-state index in [2.05, 4.69) is 29.2 Å². The zero-order valence-corrected chi connectivity index (χ0v) is 12.9. The SMILES string of the molecule is CCc1nc(NN)c(C)c(SC2CCCC(C)C2)n1. The number of hydrogen-bond donors (Lipinski definition) is 2. The number of thioether (sulfide) groups is 1. The van der Waals surface area contributed by atoms with E-state index < -0.39 is 0 Å². The highest BCUT2D eigenvalue weighted by Gasteiger charge is 2.22. The van der Waals surface area contributed by atoms with Gasteiger partial charge in [-0.3, -0.25) is 0 Å². The van der Waals surface area contributed by atoms with Crippen LogP contribution >= 0.6 is 11.8 Å². The summed E-state index contributed by atoms with van der Waals surface area (Å²) in [5.41, 5.74) is 3.76. The van der Waals surface area contributed by atoms with Gasteiger partial charge in [0.05, 0.1) is 0 Å². The number of nitrogen functional groups attached to an aromatic ring is 1. The third-order valence-electron chi connectivity index (χ3n) is 3.77. The van der Waals surface area contributed by atoms with E-state index >= 15 is 0 Å². The van der Waals surface area contributed by atoms with Crippen molar-refractivity contribution in [3.63, 3.8) is 0 Å². The van der Waals surface area contributed by atoms with Crippen molar-refractivity contribution in [2.24, 2.45) is 11.8 Å². The maximum Gasteiger partial charge on any atom is 0.147 e. The fourth-order valence-corrected chi connectivity index (χ4v) is 4.05. The van der Waals surface area contributed by atoms with Crippen molar-refractivity contribution in [2.45, 2.75) is 63.2 Å². The Morgan fingerprint density at radius 3 is 2.79 bits per heavy atom. The van der Waals surface area contributed by atoms with Crippen molar-refractivity contribution in [2.75, 3.05) is 5.43 Å². The predicted molar refractivity (Wildman–Crippen MR) is 81.2 cm³/mol. The van der Waals surface area contributed by atoms with Gasteiger partial charge in [-0.1, -0.05) is 26.7 Å². The van der Waals surface area contributed by atoms with E-state index in [1.165, 1.54) is 25.7 Å². The Labute approximate surface area is 119 Å². The lowest BCUT2D eigenvalue weighted by atomic mass is 9.91. The zero-order chi connectivity index (χ0) is 13.8. The molecule has 0 radical (unpaired) electrons. The summed E-state index contributed by atoms with van der Waals surface area (Å²) >= 11 is 1.91. The Morgan fingerprint density at radius 1 is 1.37 bits per heavy atom. The highest BCUT2D eigenvalue weighted by molar-refractivity contribution is 7.99. The summed E-state index contributed by atoms with van der Waals surface area (Å²) < 4.78 is 0. The molecule has 2 unspecified atom stereocenters. The Balaban J connectivity index is 2.18. The Morgan fingerprint density at radius 2 is 2.16 bits per heavy atom. The Hall–Kier alpha value is -0.810. The van der Waals surface area contributed by atoms with Gasteiger partial charge in [0.1, 0.15) is 16.7 Å². The highest BCUT2D eigenvalue weighted by Crippen LogP contribution is 2.37.